The lowest BCUT2D eigenvalue weighted by molar-refractivity contribution is 0.105. The van der Waals surface area contributed by atoms with Gasteiger partial charge in [0.2, 0.25) is 0 Å². The molecule has 2 N–H and O–H groups in total. The number of guanidine groups is 1. The molecule has 1 aliphatic carbocycles. The summed E-state index contributed by atoms with van der Waals surface area (Å²) in [4.78, 5) is 4.39. The Kier molecular flexibility index (Phi) is 11.9. The average molecular weight is 489 g/mol. The Balaban J connectivity index is 0.00000364. The van der Waals surface area contributed by atoms with Gasteiger partial charge in [-0.05, 0) is 42.7 Å². The molecule has 0 atom stereocenters. The van der Waals surface area contributed by atoms with Crippen LogP contribution in [-0.2, 0) is 22.6 Å². The maximum atomic E-state index is 5.61. The zero-order chi connectivity index (χ0) is 18.7. The number of halogens is 1. The third kappa shape index (κ3) is 8.35. The minimum atomic E-state index is 0. The van der Waals surface area contributed by atoms with Crippen LogP contribution in [0, 0.1) is 5.41 Å². The first-order valence-corrected chi connectivity index (χ1v) is 9.80. The SMILES string of the molecule is CCOCCC1(CNC(=NC)NCc2cccc(COC)c2)CCCC1.I. The summed E-state index contributed by atoms with van der Waals surface area (Å²) in [6.07, 6.45) is 6.34. The van der Waals surface area contributed by atoms with Gasteiger partial charge in [-0.2, -0.15) is 0 Å². The van der Waals surface area contributed by atoms with Gasteiger partial charge in [0.15, 0.2) is 5.96 Å². The lowest BCUT2D eigenvalue weighted by atomic mass is 9.83. The van der Waals surface area contributed by atoms with Gasteiger partial charge in [-0.1, -0.05) is 37.1 Å². The van der Waals surface area contributed by atoms with E-state index in [1.807, 2.05) is 7.05 Å². The predicted molar refractivity (Wildman–Crippen MR) is 123 cm³/mol. The van der Waals surface area contributed by atoms with Crippen LogP contribution in [0.1, 0.15) is 50.2 Å². The fraction of sp³-hybridized carbons (Fsp3) is 0.667. The molecule has 5 nitrogen and oxygen atoms in total. The third-order valence-electron chi connectivity index (χ3n) is 5.26. The second kappa shape index (κ2) is 13.3. The molecule has 154 valence electrons. The molecule has 1 fully saturated rings. The van der Waals surface area contributed by atoms with E-state index in [1.165, 1.54) is 36.8 Å². The summed E-state index contributed by atoms with van der Waals surface area (Å²) >= 11 is 0. The minimum Gasteiger partial charge on any atom is -0.382 e. The first-order valence-electron chi connectivity index (χ1n) is 9.80. The van der Waals surface area contributed by atoms with Gasteiger partial charge in [-0.15, -0.1) is 24.0 Å². The maximum absolute atomic E-state index is 5.61. The van der Waals surface area contributed by atoms with Gasteiger partial charge in [0, 0.05) is 40.5 Å². The summed E-state index contributed by atoms with van der Waals surface area (Å²) in [5.41, 5.74) is 2.77. The number of hydrogen-bond acceptors (Lipinski definition) is 3. The first kappa shape index (κ1) is 24.2. The van der Waals surface area contributed by atoms with Gasteiger partial charge in [0.1, 0.15) is 0 Å². The Labute approximate surface area is 181 Å². The van der Waals surface area contributed by atoms with Crippen LogP contribution in [0.2, 0.25) is 0 Å². The average Bonchev–Trinajstić information content (AvgIpc) is 3.12. The summed E-state index contributed by atoms with van der Waals surface area (Å²) < 4.78 is 10.8. The van der Waals surface area contributed by atoms with Crippen LogP contribution in [0.3, 0.4) is 0 Å². The van der Waals surface area contributed by atoms with Crippen molar-refractivity contribution in [3.8, 4) is 0 Å². The quantitative estimate of drug-likeness (QED) is 0.225. The van der Waals surface area contributed by atoms with Gasteiger partial charge < -0.3 is 20.1 Å². The van der Waals surface area contributed by atoms with Crippen molar-refractivity contribution in [1.29, 1.82) is 0 Å². The molecular weight excluding hydrogens is 453 g/mol. The number of benzene rings is 1. The second-order valence-corrected chi connectivity index (χ2v) is 7.19. The van der Waals surface area contributed by atoms with Crippen molar-refractivity contribution in [2.24, 2.45) is 10.4 Å². The lowest BCUT2D eigenvalue weighted by Gasteiger charge is -2.30. The van der Waals surface area contributed by atoms with E-state index in [4.69, 9.17) is 9.47 Å². The van der Waals surface area contributed by atoms with Gasteiger partial charge >= 0.3 is 0 Å². The van der Waals surface area contributed by atoms with Crippen LogP contribution in [-0.4, -0.2) is 39.9 Å². The van der Waals surface area contributed by atoms with E-state index in [-0.39, 0.29) is 24.0 Å². The molecule has 0 heterocycles. The summed E-state index contributed by atoms with van der Waals surface area (Å²) in [5, 5.41) is 6.98. The van der Waals surface area contributed by atoms with E-state index in [2.05, 4.69) is 46.8 Å². The van der Waals surface area contributed by atoms with Crippen LogP contribution in [0.5, 0.6) is 0 Å². The topological polar surface area (TPSA) is 54.9 Å². The third-order valence-corrected chi connectivity index (χ3v) is 5.26. The molecule has 6 heteroatoms. The van der Waals surface area contributed by atoms with Gasteiger partial charge in [0.05, 0.1) is 6.61 Å². The van der Waals surface area contributed by atoms with Crippen molar-refractivity contribution in [3.05, 3.63) is 35.4 Å². The number of hydrogen-bond donors (Lipinski definition) is 2. The highest BCUT2D eigenvalue weighted by Gasteiger charge is 2.33. The van der Waals surface area contributed by atoms with Gasteiger partial charge in [0.25, 0.3) is 0 Å². The monoisotopic (exact) mass is 489 g/mol. The molecule has 1 aliphatic rings. The summed E-state index contributed by atoms with van der Waals surface area (Å²) in [7, 11) is 3.55. The molecule has 0 spiro atoms. The molecule has 0 bridgehead atoms. The molecule has 0 amide bonds. The molecule has 0 saturated heterocycles. The second-order valence-electron chi connectivity index (χ2n) is 7.19. The standard InChI is InChI=1S/C21H35N3O2.HI/c1-4-26-13-12-21(10-5-6-11-21)17-24-20(22-2)23-15-18-8-7-9-19(14-18)16-25-3;/h7-9,14H,4-6,10-13,15-17H2,1-3H3,(H2,22,23,24);1H. The number of nitrogens with zero attached hydrogens (tertiary/aromatic N) is 1. The molecule has 0 unspecified atom stereocenters. The number of aliphatic imine (C=N–C) groups is 1. The van der Waals surface area contributed by atoms with Crippen molar-refractivity contribution in [2.45, 2.75) is 52.2 Å². The fourth-order valence-corrected chi connectivity index (χ4v) is 3.75. The summed E-state index contributed by atoms with van der Waals surface area (Å²) in [6, 6.07) is 8.45. The van der Waals surface area contributed by atoms with E-state index in [1.54, 1.807) is 7.11 Å². The Morgan fingerprint density at radius 3 is 2.59 bits per heavy atom. The lowest BCUT2D eigenvalue weighted by Crippen LogP contribution is -2.43. The van der Waals surface area contributed by atoms with E-state index < -0.39 is 0 Å². The molecule has 1 saturated carbocycles. The van der Waals surface area contributed by atoms with Crippen molar-refractivity contribution in [2.75, 3.05) is 33.9 Å². The maximum Gasteiger partial charge on any atom is 0.191 e. The van der Waals surface area contributed by atoms with Crippen molar-refractivity contribution in [3.63, 3.8) is 0 Å². The fourth-order valence-electron chi connectivity index (χ4n) is 3.75. The van der Waals surface area contributed by atoms with E-state index in [9.17, 15) is 0 Å². The Bertz CT molecular complexity index is 560. The van der Waals surface area contributed by atoms with Crippen LogP contribution < -0.4 is 10.6 Å². The van der Waals surface area contributed by atoms with Crippen LogP contribution in [0.4, 0.5) is 0 Å². The molecule has 1 aromatic rings. The largest absolute Gasteiger partial charge is 0.382 e. The molecule has 27 heavy (non-hydrogen) atoms. The van der Waals surface area contributed by atoms with Crippen LogP contribution in [0.25, 0.3) is 0 Å². The molecule has 1 aromatic carbocycles. The normalized spacial score (nSPS) is 16.0. The summed E-state index contributed by atoms with van der Waals surface area (Å²) in [5.74, 6) is 0.866. The number of rotatable bonds is 10. The minimum absolute atomic E-state index is 0. The highest BCUT2D eigenvalue weighted by molar-refractivity contribution is 14.0. The molecule has 2 rings (SSSR count). The number of methoxy groups -OCH3 is 1. The van der Waals surface area contributed by atoms with Gasteiger partial charge in [-0.25, -0.2) is 0 Å². The molecule has 0 aliphatic heterocycles. The predicted octanol–water partition coefficient (Wildman–Crippen LogP) is 4.10. The molecular formula is C21H36IN3O2. The van der Waals surface area contributed by atoms with Gasteiger partial charge in [-0.3, -0.25) is 4.99 Å². The number of nitrogens with one attached hydrogen (secondary N) is 2. The van der Waals surface area contributed by atoms with Crippen molar-refractivity contribution < 1.29 is 9.47 Å². The Morgan fingerprint density at radius 2 is 1.93 bits per heavy atom. The summed E-state index contributed by atoms with van der Waals surface area (Å²) in [6.45, 7) is 6.08. The van der Waals surface area contributed by atoms with Crippen molar-refractivity contribution in [1.82, 2.24) is 10.6 Å². The Hall–Kier alpha value is -0.860. The van der Waals surface area contributed by atoms with Crippen LogP contribution >= 0.6 is 24.0 Å². The molecule has 0 aromatic heterocycles. The molecule has 0 radical (unpaired) electrons. The van der Waals surface area contributed by atoms with Crippen molar-refractivity contribution >= 4 is 29.9 Å². The smallest absolute Gasteiger partial charge is 0.191 e. The zero-order valence-corrected chi connectivity index (χ0v) is 19.4. The van der Waals surface area contributed by atoms with Crippen LogP contribution in [0.15, 0.2) is 29.3 Å². The highest BCUT2D eigenvalue weighted by Crippen LogP contribution is 2.40. The van der Waals surface area contributed by atoms with E-state index in [0.29, 0.717) is 12.0 Å². The highest BCUT2D eigenvalue weighted by atomic mass is 127. The zero-order valence-electron chi connectivity index (χ0n) is 17.1. The first-order chi connectivity index (χ1) is 12.7. The van der Waals surface area contributed by atoms with E-state index >= 15 is 0 Å². The number of ether oxygens (including phenoxy) is 2. The van der Waals surface area contributed by atoms with E-state index in [0.717, 1.165) is 38.7 Å². The Morgan fingerprint density at radius 1 is 1.19 bits per heavy atom.